The minimum atomic E-state index is -0.766. The van der Waals surface area contributed by atoms with Crippen molar-refractivity contribution in [2.75, 3.05) is 0 Å². The molecule has 0 atom stereocenters. The molecular formula is C15H12FN3O4. The van der Waals surface area contributed by atoms with E-state index in [1.807, 2.05) is 0 Å². The second kappa shape index (κ2) is 6.30. The Balaban J connectivity index is 1.67. The van der Waals surface area contributed by atoms with E-state index >= 15 is 0 Å². The summed E-state index contributed by atoms with van der Waals surface area (Å²) >= 11 is 0. The highest BCUT2D eigenvalue weighted by Gasteiger charge is 2.13. The van der Waals surface area contributed by atoms with Crippen molar-refractivity contribution in [3.63, 3.8) is 0 Å². The van der Waals surface area contributed by atoms with E-state index in [9.17, 15) is 14.0 Å². The standard InChI is InChI=1S/C15H12FN3O4/c16-11-5-3-10(4-6-11)14-18-19(15(21)23-14)9-13(20)17-8-12-2-1-7-22-12/h1-7H,8-9H2,(H,17,20). The number of hydrogen-bond donors (Lipinski definition) is 1. The number of carbonyl (C=O) groups excluding carboxylic acids is 1. The first-order chi connectivity index (χ1) is 11.1. The number of rotatable bonds is 5. The van der Waals surface area contributed by atoms with E-state index in [0.717, 1.165) is 4.68 Å². The molecule has 0 radical (unpaired) electrons. The molecule has 0 aliphatic rings. The van der Waals surface area contributed by atoms with Crippen molar-refractivity contribution in [1.29, 1.82) is 0 Å². The molecule has 23 heavy (non-hydrogen) atoms. The molecule has 0 saturated heterocycles. The van der Waals surface area contributed by atoms with E-state index in [1.165, 1.54) is 30.5 Å². The lowest BCUT2D eigenvalue weighted by Crippen LogP contribution is -2.31. The third kappa shape index (κ3) is 3.54. The van der Waals surface area contributed by atoms with Gasteiger partial charge in [0, 0.05) is 5.56 Å². The van der Waals surface area contributed by atoms with Gasteiger partial charge in [-0.1, -0.05) is 0 Å². The smallest absolute Gasteiger partial charge is 0.437 e. The van der Waals surface area contributed by atoms with Gasteiger partial charge in [0.25, 0.3) is 0 Å². The summed E-state index contributed by atoms with van der Waals surface area (Å²) in [6.45, 7) is -0.0759. The zero-order chi connectivity index (χ0) is 16.2. The van der Waals surface area contributed by atoms with Crippen LogP contribution in [0.3, 0.4) is 0 Å². The predicted octanol–water partition coefficient (Wildman–Crippen LogP) is 1.55. The summed E-state index contributed by atoms with van der Waals surface area (Å²) in [5.74, 6) is -0.973. The van der Waals surface area contributed by atoms with Crippen molar-refractivity contribution in [1.82, 2.24) is 15.1 Å². The van der Waals surface area contributed by atoms with E-state index in [1.54, 1.807) is 12.1 Å². The molecule has 0 unspecified atom stereocenters. The van der Waals surface area contributed by atoms with Crippen LogP contribution in [0.1, 0.15) is 5.76 Å². The van der Waals surface area contributed by atoms with Gasteiger partial charge in [0.15, 0.2) is 0 Å². The summed E-state index contributed by atoms with van der Waals surface area (Å²) in [6.07, 6.45) is 1.50. The zero-order valence-electron chi connectivity index (χ0n) is 11.9. The van der Waals surface area contributed by atoms with Crippen molar-refractivity contribution >= 4 is 5.91 Å². The number of halogens is 1. The maximum Gasteiger partial charge on any atom is 0.437 e. The number of nitrogens with zero attached hydrogens (tertiary/aromatic N) is 2. The average molecular weight is 317 g/mol. The molecule has 0 aliphatic heterocycles. The van der Waals surface area contributed by atoms with Crippen LogP contribution >= 0.6 is 0 Å². The van der Waals surface area contributed by atoms with E-state index < -0.39 is 17.5 Å². The molecule has 2 aromatic heterocycles. The fourth-order valence-electron chi connectivity index (χ4n) is 1.91. The third-order valence-electron chi connectivity index (χ3n) is 3.03. The van der Waals surface area contributed by atoms with Crippen LogP contribution < -0.4 is 11.1 Å². The summed E-state index contributed by atoms with van der Waals surface area (Å²) < 4.78 is 23.8. The highest BCUT2D eigenvalue weighted by molar-refractivity contribution is 5.75. The Bertz CT molecular complexity index is 850. The van der Waals surface area contributed by atoms with Gasteiger partial charge in [-0.3, -0.25) is 4.79 Å². The van der Waals surface area contributed by atoms with Crippen LogP contribution in [0.2, 0.25) is 0 Å². The second-order valence-corrected chi connectivity index (χ2v) is 4.69. The number of nitrogens with one attached hydrogen (secondary N) is 1. The van der Waals surface area contributed by atoms with Crippen LogP contribution in [0.15, 0.2) is 56.3 Å². The molecule has 1 amide bonds. The Morgan fingerprint density at radius 3 is 2.74 bits per heavy atom. The molecular weight excluding hydrogens is 305 g/mol. The first kappa shape index (κ1) is 14.8. The molecule has 2 heterocycles. The monoisotopic (exact) mass is 317 g/mol. The van der Waals surface area contributed by atoms with Crippen molar-refractivity contribution in [2.24, 2.45) is 0 Å². The van der Waals surface area contributed by atoms with Gasteiger partial charge in [-0.05, 0) is 36.4 Å². The molecule has 118 valence electrons. The molecule has 3 rings (SSSR count). The number of furan rings is 1. The Hall–Kier alpha value is -3.16. The number of hydrogen-bond acceptors (Lipinski definition) is 5. The summed E-state index contributed by atoms with van der Waals surface area (Å²) in [6, 6.07) is 8.74. The third-order valence-corrected chi connectivity index (χ3v) is 3.03. The van der Waals surface area contributed by atoms with Crippen molar-refractivity contribution < 1.29 is 18.0 Å². The normalized spacial score (nSPS) is 10.7. The predicted molar refractivity (Wildman–Crippen MR) is 76.7 cm³/mol. The first-order valence-electron chi connectivity index (χ1n) is 6.75. The van der Waals surface area contributed by atoms with Crippen molar-refractivity contribution in [3.8, 4) is 11.5 Å². The van der Waals surface area contributed by atoms with E-state index in [4.69, 9.17) is 8.83 Å². The van der Waals surface area contributed by atoms with Gasteiger partial charge in [0.2, 0.25) is 11.8 Å². The van der Waals surface area contributed by atoms with E-state index in [-0.39, 0.29) is 19.0 Å². The van der Waals surface area contributed by atoms with Crippen molar-refractivity contribution in [3.05, 3.63) is 64.8 Å². The maximum absolute atomic E-state index is 12.9. The number of carbonyl (C=O) groups is 1. The van der Waals surface area contributed by atoms with Crippen molar-refractivity contribution in [2.45, 2.75) is 13.1 Å². The topological polar surface area (TPSA) is 90.3 Å². The number of aromatic nitrogens is 2. The zero-order valence-corrected chi connectivity index (χ0v) is 11.9. The molecule has 1 aromatic carbocycles. The van der Waals surface area contributed by atoms with E-state index in [0.29, 0.717) is 11.3 Å². The molecule has 0 spiro atoms. The molecule has 1 N–H and O–H groups in total. The Morgan fingerprint density at radius 1 is 1.26 bits per heavy atom. The Kier molecular flexibility index (Phi) is 4.05. The summed E-state index contributed by atoms with van der Waals surface area (Å²) in [5, 5.41) is 6.52. The summed E-state index contributed by atoms with van der Waals surface area (Å²) in [4.78, 5) is 23.5. The summed E-state index contributed by atoms with van der Waals surface area (Å²) in [7, 11) is 0. The molecule has 0 aliphatic carbocycles. The number of amides is 1. The fraction of sp³-hybridized carbons (Fsp3) is 0.133. The molecule has 8 heteroatoms. The molecule has 7 nitrogen and oxygen atoms in total. The molecule has 0 fully saturated rings. The average Bonchev–Trinajstić information content (AvgIpc) is 3.17. The lowest BCUT2D eigenvalue weighted by atomic mass is 10.2. The van der Waals surface area contributed by atoms with Gasteiger partial charge in [0.05, 0.1) is 12.8 Å². The second-order valence-electron chi connectivity index (χ2n) is 4.69. The van der Waals surface area contributed by atoms with E-state index in [2.05, 4.69) is 10.4 Å². The van der Waals surface area contributed by atoms with Gasteiger partial charge in [-0.15, -0.1) is 5.10 Å². The first-order valence-corrected chi connectivity index (χ1v) is 6.75. The molecule has 0 saturated carbocycles. The number of benzene rings is 1. The largest absolute Gasteiger partial charge is 0.467 e. The quantitative estimate of drug-likeness (QED) is 0.771. The van der Waals surface area contributed by atoms with Crippen LogP contribution in [-0.4, -0.2) is 15.7 Å². The maximum atomic E-state index is 12.9. The lowest BCUT2D eigenvalue weighted by molar-refractivity contribution is -0.122. The van der Waals surface area contributed by atoms with Crippen LogP contribution in [0.4, 0.5) is 4.39 Å². The summed E-state index contributed by atoms with van der Waals surface area (Å²) in [5.41, 5.74) is 0.443. The van der Waals surface area contributed by atoms with Gasteiger partial charge >= 0.3 is 5.76 Å². The van der Waals surface area contributed by atoms with Gasteiger partial charge in [-0.2, -0.15) is 4.68 Å². The van der Waals surface area contributed by atoms with Crippen LogP contribution in [0.5, 0.6) is 0 Å². The highest BCUT2D eigenvalue weighted by Crippen LogP contribution is 2.15. The van der Waals surface area contributed by atoms with Gasteiger partial charge < -0.3 is 14.2 Å². The van der Waals surface area contributed by atoms with Crippen LogP contribution in [0, 0.1) is 5.82 Å². The Labute approximate surface area is 129 Å². The minimum absolute atomic E-state index is 0.0221. The van der Waals surface area contributed by atoms with Crippen LogP contribution in [0.25, 0.3) is 11.5 Å². The van der Waals surface area contributed by atoms with Gasteiger partial charge in [0.1, 0.15) is 18.1 Å². The van der Waals surface area contributed by atoms with Crippen LogP contribution in [-0.2, 0) is 17.9 Å². The fourth-order valence-corrected chi connectivity index (χ4v) is 1.91. The lowest BCUT2D eigenvalue weighted by Gasteiger charge is -2.01. The molecule has 0 bridgehead atoms. The SMILES string of the molecule is O=C(Cn1nc(-c2ccc(F)cc2)oc1=O)NCc1ccco1. The highest BCUT2D eigenvalue weighted by atomic mass is 19.1. The Morgan fingerprint density at radius 2 is 2.04 bits per heavy atom. The minimum Gasteiger partial charge on any atom is -0.467 e. The molecule has 3 aromatic rings. The van der Waals surface area contributed by atoms with Gasteiger partial charge in [-0.25, -0.2) is 9.18 Å².